The smallest absolute Gasteiger partial charge is 0.223 e. The van der Waals surface area contributed by atoms with E-state index in [2.05, 4.69) is 25.2 Å². The molecule has 22 heavy (non-hydrogen) atoms. The number of hydrogen-bond donors (Lipinski definition) is 2. The normalized spacial score (nSPS) is 21.3. The van der Waals surface area contributed by atoms with E-state index in [9.17, 15) is 4.79 Å². The van der Waals surface area contributed by atoms with Gasteiger partial charge < -0.3 is 11.1 Å². The van der Waals surface area contributed by atoms with Gasteiger partial charge in [-0.3, -0.25) is 4.79 Å². The van der Waals surface area contributed by atoms with Gasteiger partial charge in [0, 0.05) is 23.5 Å². The Morgan fingerprint density at radius 1 is 1.41 bits per heavy atom. The zero-order valence-corrected chi connectivity index (χ0v) is 14.8. The molecule has 0 spiro atoms. The van der Waals surface area contributed by atoms with Crippen molar-refractivity contribution in [2.45, 2.75) is 45.6 Å². The van der Waals surface area contributed by atoms with Gasteiger partial charge in [0.25, 0.3) is 0 Å². The zero-order valence-electron chi connectivity index (χ0n) is 13.3. The van der Waals surface area contributed by atoms with Crippen molar-refractivity contribution in [1.29, 1.82) is 0 Å². The van der Waals surface area contributed by atoms with E-state index in [1.165, 1.54) is 5.56 Å². The van der Waals surface area contributed by atoms with Crippen LogP contribution < -0.4 is 11.1 Å². The van der Waals surface area contributed by atoms with Crippen molar-refractivity contribution < 1.29 is 4.79 Å². The van der Waals surface area contributed by atoms with Crippen LogP contribution in [0.2, 0.25) is 5.02 Å². The van der Waals surface area contributed by atoms with E-state index in [0.29, 0.717) is 6.54 Å². The zero-order chi connectivity index (χ0) is 15.5. The molecule has 3 nitrogen and oxygen atoms in total. The Hall–Kier alpha value is -0.770. The third-order valence-electron chi connectivity index (χ3n) is 4.16. The van der Waals surface area contributed by atoms with E-state index in [1.54, 1.807) is 0 Å². The van der Waals surface area contributed by atoms with Crippen molar-refractivity contribution in [1.82, 2.24) is 5.32 Å². The summed E-state index contributed by atoms with van der Waals surface area (Å²) in [5.41, 5.74) is 7.07. The SMILES string of the molecule is CC(C)(CNC(=O)C1CCC(N)C1)Cc1cccc(Cl)c1.Cl. The second-order valence-electron chi connectivity index (χ2n) is 6.96. The molecule has 0 radical (unpaired) electrons. The molecule has 3 N–H and O–H groups in total. The highest BCUT2D eigenvalue weighted by Crippen LogP contribution is 2.26. The summed E-state index contributed by atoms with van der Waals surface area (Å²) in [5.74, 6) is 0.254. The summed E-state index contributed by atoms with van der Waals surface area (Å²) in [5, 5.41) is 3.85. The van der Waals surface area contributed by atoms with Gasteiger partial charge >= 0.3 is 0 Å². The molecule has 2 atom stereocenters. The van der Waals surface area contributed by atoms with Crippen LogP contribution in [0.15, 0.2) is 24.3 Å². The number of carbonyl (C=O) groups excluding carboxylic acids is 1. The molecule has 0 heterocycles. The summed E-state index contributed by atoms with van der Waals surface area (Å²) >= 11 is 6.02. The molecule has 1 amide bonds. The van der Waals surface area contributed by atoms with Gasteiger partial charge in [0.05, 0.1) is 0 Å². The highest BCUT2D eigenvalue weighted by atomic mass is 35.5. The third kappa shape index (κ3) is 5.79. The van der Waals surface area contributed by atoms with Gasteiger partial charge in [0.15, 0.2) is 0 Å². The predicted molar refractivity (Wildman–Crippen MR) is 94.5 cm³/mol. The van der Waals surface area contributed by atoms with Gasteiger partial charge in [0.1, 0.15) is 0 Å². The Morgan fingerprint density at radius 3 is 2.73 bits per heavy atom. The topological polar surface area (TPSA) is 55.1 Å². The molecule has 2 unspecified atom stereocenters. The lowest BCUT2D eigenvalue weighted by molar-refractivity contribution is -0.125. The maximum Gasteiger partial charge on any atom is 0.223 e. The van der Waals surface area contributed by atoms with Crippen LogP contribution in [0.25, 0.3) is 0 Å². The Kier molecular flexibility index (Phi) is 7.17. The van der Waals surface area contributed by atoms with Crippen LogP contribution in [0.4, 0.5) is 0 Å². The molecule has 2 rings (SSSR count). The van der Waals surface area contributed by atoms with Gasteiger partial charge in [-0.2, -0.15) is 0 Å². The molecule has 1 fully saturated rings. The average molecular weight is 345 g/mol. The van der Waals surface area contributed by atoms with Crippen LogP contribution in [0, 0.1) is 11.3 Å². The number of hydrogen-bond acceptors (Lipinski definition) is 2. The van der Waals surface area contributed by atoms with Crippen molar-refractivity contribution in [3.63, 3.8) is 0 Å². The lowest BCUT2D eigenvalue weighted by Crippen LogP contribution is -2.38. The average Bonchev–Trinajstić information content (AvgIpc) is 2.82. The highest BCUT2D eigenvalue weighted by Gasteiger charge is 2.29. The van der Waals surface area contributed by atoms with Crippen LogP contribution in [0.1, 0.15) is 38.7 Å². The van der Waals surface area contributed by atoms with Gasteiger partial charge in [-0.25, -0.2) is 0 Å². The maximum atomic E-state index is 12.2. The number of benzene rings is 1. The van der Waals surface area contributed by atoms with Crippen LogP contribution in [0.5, 0.6) is 0 Å². The van der Waals surface area contributed by atoms with Crippen molar-refractivity contribution >= 4 is 29.9 Å². The van der Waals surface area contributed by atoms with Crippen LogP contribution in [-0.2, 0) is 11.2 Å². The first-order chi connectivity index (χ1) is 9.85. The quantitative estimate of drug-likeness (QED) is 0.857. The molecular weight excluding hydrogens is 319 g/mol. The van der Waals surface area contributed by atoms with Crippen LogP contribution in [0.3, 0.4) is 0 Å². The van der Waals surface area contributed by atoms with Crippen molar-refractivity contribution in [2.24, 2.45) is 17.1 Å². The summed E-state index contributed by atoms with van der Waals surface area (Å²) in [6.45, 7) is 4.99. The van der Waals surface area contributed by atoms with E-state index in [-0.39, 0.29) is 35.7 Å². The van der Waals surface area contributed by atoms with Crippen molar-refractivity contribution in [3.05, 3.63) is 34.9 Å². The lowest BCUT2D eigenvalue weighted by Gasteiger charge is -2.26. The van der Waals surface area contributed by atoms with Crippen molar-refractivity contribution in [2.75, 3.05) is 6.54 Å². The standard InChI is InChI=1S/C17H25ClN2O.ClH/c1-17(2,10-12-4-3-5-14(18)8-12)11-20-16(21)13-6-7-15(19)9-13;/h3-5,8,13,15H,6-7,9-11,19H2,1-2H3,(H,20,21);1H. The Balaban J connectivity index is 0.00000242. The minimum atomic E-state index is 0. The minimum Gasteiger partial charge on any atom is -0.355 e. The van der Waals surface area contributed by atoms with Gasteiger partial charge in [-0.15, -0.1) is 12.4 Å². The van der Waals surface area contributed by atoms with Crippen LogP contribution in [-0.4, -0.2) is 18.5 Å². The second kappa shape index (κ2) is 8.19. The molecule has 0 bridgehead atoms. The first kappa shape index (κ1) is 19.3. The van der Waals surface area contributed by atoms with Gasteiger partial charge in [-0.1, -0.05) is 37.6 Å². The van der Waals surface area contributed by atoms with E-state index in [1.807, 2.05) is 18.2 Å². The first-order valence-corrected chi connectivity index (χ1v) is 8.01. The number of nitrogens with one attached hydrogen (secondary N) is 1. The third-order valence-corrected chi connectivity index (χ3v) is 4.39. The summed E-state index contributed by atoms with van der Waals surface area (Å²) in [7, 11) is 0. The fourth-order valence-corrected chi connectivity index (χ4v) is 3.20. The maximum absolute atomic E-state index is 12.2. The fourth-order valence-electron chi connectivity index (χ4n) is 2.99. The molecule has 1 saturated carbocycles. The Labute approximate surface area is 144 Å². The molecule has 0 saturated heterocycles. The number of nitrogens with two attached hydrogens (primary N) is 1. The number of carbonyl (C=O) groups is 1. The number of halogens is 2. The van der Waals surface area contributed by atoms with Gasteiger partial charge in [-0.05, 0) is 48.8 Å². The molecule has 124 valence electrons. The van der Waals surface area contributed by atoms with E-state index in [4.69, 9.17) is 17.3 Å². The van der Waals surface area contributed by atoms with Crippen molar-refractivity contribution in [3.8, 4) is 0 Å². The molecule has 1 aliphatic rings. The summed E-state index contributed by atoms with van der Waals surface area (Å²) in [6, 6.07) is 8.10. The molecule has 1 aliphatic carbocycles. The van der Waals surface area contributed by atoms with E-state index in [0.717, 1.165) is 30.7 Å². The number of rotatable bonds is 5. The fraction of sp³-hybridized carbons (Fsp3) is 0.588. The highest BCUT2D eigenvalue weighted by molar-refractivity contribution is 6.30. The second-order valence-corrected chi connectivity index (χ2v) is 7.40. The minimum absolute atomic E-state index is 0. The lowest BCUT2D eigenvalue weighted by atomic mass is 9.85. The predicted octanol–water partition coefficient (Wildman–Crippen LogP) is 3.57. The summed E-state index contributed by atoms with van der Waals surface area (Å²) in [4.78, 5) is 12.2. The monoisotopic (exact) mass is 344 g/mol. The molecule has 1 aromatic carbocycles. The van der Waals surface area contributed by atoms with Gasteiger partial charge in [0.2, 0.25) is 5.91 Å². The summed E-state index contributed by atoms with van der Waals surface area (Å²) in [6.07, 6.45) is 3.59. The largest absolute Gasteiger partial charge is 0.355 e. The van der Waals surface area contributed by atoms with Crippen LogP contribution >= 0.6 is 24.0 Å². The van der Waals surface area contributed by atoms with E-state index >= 15 is 0 Å². The van der Waals surface area contributed by atoms with E-state index < -0.39 is 0 Å². The number of amides is 1. The molecule has 0 aliphatic heterocycles. The Morgan fingerprint density at radius 2 is 2.14 bits per heavy atom. The molecule has 1 aromatic rings. The Bertz CT molecular complexity index is 505. The summed E-state index contributed by atoms with van der Waals surface area (Å²) < 4.78 is 0. The molecule has 0 aromatic heterocycles. The molecular formula is C17H26Cl2N2O. The first-order valence-electron chi connectivity index (χ1n) is 7.63. The molecule has 5 heteroatoms.